The highest BCUT2D eigenvalue weighted by molar-refractivity contribution is 7.80. The molecule has 0 radical (unpaired) electrons. The third-order valence-electron chi connectivity index (χ3n) is 6.41. The van der Waals surface area contributed by atoms with Gasteiger partial charge in [-0.05, 0) is 88.1 Å². The van der Waals surface area contributed by atoms with Crippen molar-refractivity contribution in [1.82, 2.24) is 19.8 Å². The van der Waals surface area contributed by atoms with E-state index < -0.39 is 0 Å². The average molecular weight is 433 g/mol. The van der Waals surface area contributed by atoms with E-state index in [1.165, 1.54) is 33.8 Å². The lowest BCUT2D eigenvalue weighted by molar-refractivity contribution is 0.269. The molecule has 31 heavy (non-hydrogen) atoms. The summed E-state index contributed by atoms with van der Waals surface area (Å²) in [6.45, 7) is 13.3. The molecule has 1 aliphatic rings. The molecule has 3 heterocycles. The zero-order valence-electron chi connectivity index (χ0n) is 19.3. The second kappa shape index (κ2) is 8.46. The molecule has 1 fully saturated rings. The first-order valence-electron chi connectivity index (χ1n) is 11.1. The molecule has 0 spiro atoms. The molecule has 2 atom stereocenters. The molecule has 162 valence electrons. The third-order valence-corrected chi connectivity index (χ3v) is 6.74. The minimum Gasteiger partial charge on any atom is -0.352 e. The van der Waals surface area contributed by atoms with E-state index in [-0.39, 0.29) is 18.1 Å². The first kappa shape index (κ1) is 21.6. The maximum absolute atomic E-state index is 5.79. The Morgan fingerprint density at radius 2 is 1.87 bits per heavy atom. The quantitative estimate of drug-likeness (QED) is 0.521. The molecule has 4 nitrogen and oxygen atoms in total. The number of aryl methyl sites for hydroxylation is 3. The number of rotatable bonds is 5. The number of para-hydroxylation sites is 1. The summed E-state index contributed by atoms with van der Waals surface area (Å²) in [7, 11) is 0. The zero-order chi connectivity index (χ0) is 22.3. The number of aromatic nitrogens is 2. The highest BCUT2D eigenvalue weighted by Crippen LogP contribution is 2.42. The van der Waals surface area contributed by atoms with Crippen molar-refractivity contribution in [3.63, 3.8) is 0 Å². The number of thiocarbonyl (C=S) groups is 1. The molecule has 1 aromatic carbocycles. The fraction of sp³-hybridized carbons (Fsp3) is 0.385. The summed E-state index contributed by atoms with van der Waals surface area (Å²) in [6, 6.07) is 15.4. The second-order valence-electron chi connectivity index (χ2n) is 8.73. The van der Waals surface area contributed by atoms with Crippen LogP contribution in [0.25, 0.3) is 5.69 Å². The molecule has 0 saturated carbocycles. The van der Waals surface area contributed by atoms with Crippen molar-refractivity contribution in [2.24, 2.45) is 0 Å². The number of hydrogen-bond donors (Lipinski definition) is 1. The zero-order valence-corrected chi connectivity index (χ0v) is 20.1. The number of nitrogens with one attached hydrogen (secondary N) is 1. The fourth-order valence-electron chi connectivity index (χ4n) is 5.01. The van der Waals surface area contributed by atoms with Gasteiger partial charge in [-0.25, -0.2) is 0 Å². The Morgan fingerprint density at radius 3 is 2.52 bits per heavy atom. The van der Waals surface area contributed by atoms with E-state index in [2.05, 4.69) is 91.6 Å². The van der Waals surface area contributed by atoms with Crippen molar-refractivity contribution in [2.45, 2.75) is 66.1 Å². The Balaban J connectivity index is 1.90. The van der Waals surface area contributed by atoms with Crippen molar-refractivity contribution < 1.29 is 0 Å². The molecule has 1 saturated heterocycles. The van der Waals surface area contributed by atoms with Crippen LogP contribution in [0.3, 0.4) is 0 Å². The van der Waals surface area contributed by atoms with Crippen LogP contribution in [-0.2, 0) is 6.42 Å². The van der Waals surface area contributed by atoms with Crippen molar-refractivity contribution in [2.75, 3.05) is 0 Å². The minimum atomic E-state index is 0.0209. The van der Waals surface area contributed by atoms with E-state index in [4.69, 9.17) is 12.2 Å². The number of hydrogen-bond acceptors (Lipinski definition) is 2. The Kier molecular flexibility index (Phi) is 5.89. The van der Waals surface area contributed by atoms with Gasteiger partial charge in [0.25, 0.3) is 0 Å². The summed E-state index contributed by atoms with van der Waals surface area (Å²) in [5.74, 6) is 0. The molecule has 4 rings (SSSR count). The van der Waals surface area contributed by atoms with E-state index in [0.29, 0.717) is 0 Å². The predicted octanol–water partition coefficient (Wildman–Crippen LogP) is 5.74. The van der Waals surface area contributed by atoms with Gasteiger partial charge in [-0.15, -0.1) is 0 Å². The molecule has 0 unspecified atom stereocenters. The van der Waals surface area contributed by atoms with Gasteiger partial charge < -0.3 is 14.8 Å². The van der Waals surface area contributed by atoms with Crippen molar-refractivity contribution in [1.29, 1.82) is 0 Å². The lowest BCUT2D eigenvalue weighted by Gasteiger charge is -2.31. The van der Waals surface area contributed by atoms with Crippen LogP contribution in [-0.4, -0.2) is 25.6 Å². The van der Waals surface area contributed by atoms with Gasteiger partial charge in [0.1, 0.15) is 0 Å². The molecular weight excluding hydrogens is 400 g/mol. The summed E-state index contributed by atoms with van der Waals surface area (Å²) >= 11 is 5.79. The molecule has 0 bridgehead atoms. The highest BCUT2D eigenvalue weighted by Gasteiger charge is 2.42. The summed E-state index contributed by atoms with van der Waals surface area (Å²) in [6.07, 6.45) is 2.87. The van der Waals surface area contributed by atoms with E-state index in [1.807, 2.05) is 18.3 Å². The van der Waals surface area contributed by atoms with Crippen LogP contribution >= 0.6 is 12.2 Å². The lowest BCUT2D eigenvalue weighted by atomic mass is 9.96. The molecule has 2 aromatic heterocycles. The third kappa shape index (κ3) is 3.65. The van der Waals surface area contributed by atoms with Crippen LogP contribution in [0.15, 0.2) is 48.7 Å². The smallest absolute Gasteiger partial charge is 0.170 e. The monoisotopic (exact) mass is 432 g/mol. The Labute approximate surface area is 191 Å². The van der Waals surface area contributed by atoms with Gasteiger partial charge in [0.15, 0.2) is 5.11 Å². The van der Waals surface area contributed by atoms with Gasteiger partial charge >= 0.3 is 0 Å². The van der Waals surface area contributed by atoms with Crippen LogP contribution in [0.5, 0.6) is 0 Å². The van der Waals surface area contributed by atoms with Gasteiger partial charge in [0, 0.05) is 23.6 Å². The molecule has 1 N–H and O–H groups in total. The van der Waals surface area contributed by atoms with Crippen LogP contribution in [0.1, 0.15) is 66.6 Å². The normalized spacial score (nSPS) is 18.7. The first-order valence-corrected chi connectivity index (χ1v) is 11.5. The predicted molar refractivity (Wildman–Crippen MR) is 132 cm³/mol. The van der Waals surface area contributed by atoms with Gasteiger partial charge in [0.2, 0.25) is 0 Å². The van der Waals surface area contributed by atoms with Crippen molar-refractivity contribution in [3.05, 3.63) is 82.4 Å². The standard InChI is InChI=1S/C26H32N4S/c1-7-20-12-10-11-17(4)24(20)30-18(5)15-21(19(30)6)25-23(22-13-8-9-14-27-22)28-26(31)29(25)16(2)3/h8-16,23,25H,7H2,1-6H3,(H,28,31)/t23-,25+/m1/s1. The highest BCUT2D eigenvalue weighted by atomic mass is 32.1. The SMILES string of the molecule is CCc1cccc(C)c1-n1c(C)cc([C@H]2[C@@H](c3ccccn3)NC(=S)N2C(C)C)c1C. The largest absolute Gasteiger partial charge is 0.352 e. The molecule has 0 aliphatic carbocycles. The van der Waals surface area contributed by atoms with Gasteiger partial charge in [-0.1, -0.05) is 31.2 Å². The van der Waals surface area contributed by atoms with Crippen LogP contribution in [0.4, 0.5) is 0 Å². The first-order chi connectivity index (χ1) is 14.8. The molecule has 5 heteroatoms. The van der Waals surface area contributed by atoms with E-state index in [1.54, 1.807) is 0 Å². The average Bonchev–Trinajstić information content (AvgIpc) is 3.24. The van der Waals surface area contributed by atoms with Gasteiger partial charge in [-0.3, -0.25) is 4.98 Å². The van der Waals surface area contributed by atoms with Gasteiger partial charge in [-0.2, -0.15) is 0 Å². The topological polar surface area (TPSA) is 33.1 Å². The summed E-state index contributed by atoms with van der Waals surface area (Å²) in [5, 5.41) is 4.36. The fourth-order valence-corrected chi connectivity index (χ4v) is 5.46. The second-order valence-corrected chi connectivity index (χ2v) is 9.11. The number of nitrogens with zero attached hydrogens (tertiary/aromatic N) is 3. The molecule has 1 aliphatic heterocycles. The van der Waals surface area contributed by atoms with Crippen LogP contribution < -0.4 is 5.32 Å². The minimum absolute atomic E-state index is 0.0209. The van der Waals surface area contributed by atoms with Crippen LogP contribution in [0, 0.1) is 20.8 Å². The van der Waals surface area contributed by atoms with E-state index in [9.17, 15) is 0 Å². The maximum atomic E-state index is 5.79. The Bertz CT molecular complexity index is 1100. The Hall–Kier alpha value is -2.66. The summed E-state index contributed by atoms with van der Waals surface area (Å²) in [5.41, 5.74) is 8.82. The summed E-state index contributed by atoms with van der Waals surface area (Å²) in [4.78, 5) is 7.00. The van der Waals surface area contributed by atoms with Crippen molar-refractivity contribution >= 4 is 17.3 Å². The van der Waals surface area contributed by atoms with E-state index in [0.717, 1.165) is 17.2 Å². The number of pyridine rings is 1. The number of benzene rings is 1. The Morgan fingerprint density at radius 1 is 1.10 bits per heavy atom. The molecule has 3 aromatic rings. The lowest BCUT2D eigenvalue weighted by Crippen LogP contribution is -2.35. The van der Waals surface area contributed by atoms with E-state index >= 15 is 0 Å². The van der Waals surface area contributed by atoms with Crippen LogP contribution in [0.2, 0.25) is 0 Å². The summed E-state index contributed by atoms with van der Waals surface area (Å²) < 4.78 is 2.43. The molecular formula is C26H32N4S. The maximum Gasteiger partial charge on any atom is 0.170 e. The van der Waals surface area contributed by atoms with Crippen molar-refractivity contribution in [3.8, 4) is 5.69 Å². The van der Waals surface area contributed by atoms with Gasteiger partial charge in [0.05, 0.1) is 23.5 Å². The molecule has 0 amide bonds.